The third kappa shape index (κ3) is 5.81. The van der Waals surface area contributed by atoms with Crippen LogP contribution in [-0.4, -0.2) is 42.7 Å². The average molecular weight is 249 g/mol. The molecule has 0 unspecified atom stereocenters. The van der Waals surface area contributed by atoms with Gasteiger partial charge in [-0.15, -0.1) is 0 Å². The number of nitrogens with one attached hydrogen (secondary N) is 2. The molecule has 1 aliphatic rings. The quantitative estimate of drug-likeness (QED) is 0.517. The van der Waals surface area contributed by atoms with Crippen molar-refractivity contribution in [1.29, 1.82) is 0 Å². The van der Waals surface area contributed by atoms with E-state index in [-0.39, 0.29) is 12.1 Å². The smallest absolute Gasteiger partial charge is 0.257 e. The molecule has 1 fully saturated rings. The van der Waals surface area contributed by atoms with E-state index < -0.39 is 13.0 Å². The second-order valence-corrected chi connectivity index (χ2v) is 4.26. The zero-order valence-electron chi connectivity index (χ0n) is 10.1. The minimum Gasteiger partial charge on any atom is -0.393 e. The maximum Gasteiger partial charge on any atom is 0.257 e. The minimum absolute atomic E-state index is 0.214. The first-order valence-electron chi connectivity index (χ1n) is 6.13. The molecule has 0 heterocycles. The van der Waals surface area contributed by atoms with E-state index in [0.717, 1.165) is 25.7 Å². The van der Waals surface area contributed by atoms with E-state index in [9.17, 15) is 13.9 Å². The minimum atomic E-state index is -2.42. The third-order valence-electron chi connectivity index (χ3n) is 2.77. The summed E-state index contributed by atoms with van der Waals surface area (Å²) in [7, 11) is 0. The topological polar surface area (TPSA) is 56.7 Å². The summed E-state index contributed by atoms with van der Waals surface area (Å²) in [6.07, 6.45) is 0.575. The standard InChI is InChI=1S/C11H21F2N3O/c1-2-14-11(15-7-10(12)13)16-8-3-5-9(17)6-4-8/h8-10,17H,2-7H2,1H3,(H2,14,15,16). The van der Waals surface area contributed by atoms with Gasteiger partial charge in [0.05, 0.1) is 6.10 Å². The fourth-order valence-electron chi connectivity index (χ4n) is 1.89. The van der Waals surface area contributed by atoms with Crippen molar-refractivity contribution in [3.8, 4) is 0 Å². The van der Waals surface area contributed by atoms with E-state index in [1.54, 1.807) is 0 Å². The number of aliphatic imine (C=N–C) groups is 1. The molecule has 0 bridgehead atoms. The van der Waals surface area contributed by atoms with Crippen LogP contribution in [0.2, 0.25) is 0 Å². The highest BCUT2D eigenvalue weighted by atomic mass is 19.3. The van der Waals surface area contributed by atoms with Crippen molar-refractivity contribution < 1.29 is 13.9 Å². The van der Waals surface area contributed by atoms with Gasteiger partial charge in [0.1, 0.15) is 6.54 Å². The maximum absolute atomic E-state index is 12.1. The van der Waals surface area contributed by atoms with Crippen molar-refractivity contribution in [2.75, 3.05) is 13.1 Å². The van der Waals surface area contributed by atoms with Gasteiger partial charge in [-0.3, -0.25) is 0 Å². The molecular formula is C11H21F2N3O. The van der Waals surface area contributed by atoms with Crippen LogP contribution < -0.4 is 10.6 Å². The highest BCUT2D eigenvalue weighted by molar-refractivity contribution is 5.80. The molecule has 17 heavy (non-hydrogen) atoms. The Kier molecular flexibility index (Phi) is 6.18. The number of hydrogen-bond donors (Lipinski definition) is 3. The Balaban J connectivity index is 2.40. The molecule has 1 rings (SSSR count). The Morgan fingerprint density at radius 3 is 2.53 bits per heavy atom. The highest BCUT2D eigenvalue weighted by Crippen LogP contribution is 2.18. The Hall–Kier alpha value is -0.910. The molecule has 0 aromatic heterocycles. The van der Waals surface area contributed by atoms with Crippen LogP contribution in [0, 0.1) is 0 Å². The molecule has 100 valence electrons. The van der Waals surface area contributed by atoms with Gasteiger partial charge in [0, 0.05) is 12.6 Å². The lowest BCUT2D eigenvalue weighted by Gasteiger charge is -2.27. The first-order chi connectivity index (χ1) is 8.11. The largest absolute Gasteiger partial charge is 0.393 e. The molecule has 0 radical (unpaired) electrons. The first kappa shape index (κ1) is 14.2. The van der Waals surface area contributed by atoms with E-state index in [0.29, 0.717) is 12.5 Å². The van der Waals surface area contributed by atoms with Gasteiger partial charge in [-0.25, -0.2) is 13.8 Å². The van der Waals surface area contributed by atoms with Crippen molar-refractivity contribution in [1.82, 2.24) is 10.6 Å². The summed E-state index contributed by atoms with van der Waals surface area (Å²) in [4.78, 5) is 3.81. The summed E-state index contributed by atoms with van der Waals surface area (Å²) in [6, 6.07) is 0.217. The molecule has 0 spiro atoms. The summed E-state index contributed by atoms with van der Waals surface area (Å²) in [6.45, 7) is 2.05. The molecule has 0 saturated heterocycles. The third-order valence-corrected chi connectivity index (χ3v) is 2.77. The van der Waals surface area contributed by atoms with Crippen molar-refractivity contribution in [2.24, 2.45) is 4.99 Å². The van der Waals surface area contributed by atoms with Gasteiger partial charge < -0.3 is 15.7 Å². The molecule has 0 aromatic rings. The number of rotatable bonds is 4. The summed E-state index contributed by atoms with van der Waals surface area (Å²) >= 11 is 0. The highest BCUT2D eigenvalue weighted by Gasteiger charge is 2.20. The van der Waals surface area contributed by atoms with Crippen molar-refractivity contribution in [3.05, 3.63) is 0 Å². The molecule has 6 heteroatoms. The second-order valence-electron chi connectivity index (χ2n) is 4.26. The number of halogens is 2. The van der Waals surface area contributed by atoms with Gasteiger partial charge in [-0.2, -0.15) is 0 Å². The monoisotopic (exact) mass is 249 g/mol. The van der Waals surface area contributed by atoms with E-state index in [4.69, 9.17) is 0 Å². The van der Waals surface area contributed by atoms with Gasteiger partial charge in [0.2, 0.25) is 0 Å². The molecule has 0 aliphatic heterocycles. The van der Waals surface area contributed by atoms with Crippen molar-refractivity contribution in [2.45, 2.75) is 51.2 Å². The summed E-state index contributed by atoms with van der Waals surface area (Å²) in [5.41, 5.74) is 0. The van der Waals surface area contributed by atoms with Gasteiger partial charge in [-0.05, 0) is 32.6 Å². The van der Waals surface area contributed by atoms with Gasteiger partial charge in [0.15, 0.2) is 5.96 Å². The normalized spacial score (nSPS) is 26.1. The number of aliphatic hydroxyl groups is 1. The van der Waals surface area contributed by atoms with Crippen LogP contribution in [0.15, 0.2) is 4.99 Å². The predicted octanol–water partition coefficient (Wildman–Crippen LogP) is 1.11. The zero-order chi connectivity index (χ0) is 12.7. The van der Waals surface area contributed by atoms with Crippen LogP contribution >= 0.6 is 0 Å². The second kappa shape index (κ2) is 7.42. The fourth-order valence-corrected chi connectivity index (χ4v) is 1.89. The number of guanidine groups is 1. The van der Waals surface area contributed by atoms with E-state index in [1.165, 1.54) is 0 Å². The SMILES string of the molecule is CCNC(=NCC(F)F)NC1CCC(O)CC1. The average Bonchev–Trinajstić information content (AvgIpc) is 2.29. The molecule has 1 saturated carbocycles. The van der Waals surface area contributed by atoms with Gasteiger partial charge in [-0.1, -0.05) is 0 Å². The van der Waals surface area contributed by atoms with E-state index >= 15 is 0 Å². The lowest BCUT2D eigenvalue weighted by atomic mass is 9.93. The van der Waals surface area contributed by atoms with Crippen molar-refractivity contribution in [3.63, 3.8) is 0 Å². The molecule has 4 nitrogen and oxygen atoms in total. The first-order valence-corrected chi connectivity index (χ1v) is 6.13. The number of alkyl halides is 2. The molecule has 0 amide bonds. The molecule has 1 aliphatic carbocycles. The van der Waals surface area contributed by atoms with Gasteiger partial charge >= 0.3 is 0 Å². The lowest BCUT2D eigenvalue weighted by Crippen LogP contribution is -2.45. The molecular weight excluding hydrogens is 228 g/mol. The number of nitrogens with zero attached hydrogens (tertiary/aromatic N) is 1. The zero-order valence-corrected chi connectivity index (χ0v) is 10.1. The van der Waals surface area contributed by atoms with Crippen LogP contribution in [0.1, 0.15) is 32.6 Å². The summed E-state index contributed by atoms with van der Waals surface area (Å²) in [5, 5.41) is 15.4. The number of aliphatic hydroxyl groups excluding tert-OH is 1. The summed E-state index contributed by atoms with van der Waals surface area (Å²) < 4.78 is 24.1. The van der Waals surface area contributed by atoms with Crippen LogP contribution in [-0.2, 0) is 0 Å². The van der Waals surface area contributed by atoms with E-state index in [2.05, 4.69) is 15.6 Å². The van der Waals surface area contributed by atoms with Gasteiger partial charge in [0.25, 0.3) is 6.43 Å². The molecule has 0 aromatic carbocycles. The van der Waals surface area contributed by atoms with Crippen LogP contribution in [0.5, 0.6) is 0 Å². The molecule has 3 N–H and O–H groups in total. The Morgan fingerprint density at radius 1 is 1.35 bits per heavy atom. The van der Waals surface area contributed by atoms with Crippen LogP contribution in [0.4, 0.5) is 8.78 Å². The summed E-state index contributed by atoms with van der Waals surface area (Å²) in [5.74, 6) is 0.439. The fraction of sp³-hybridized carbons (Fsp3) is 0.909. The predicted molar refractivity (Wildman–Crippen MR) is 63.4 cm³/mol. The van der Waals surface area contributed by atoms with E-state index in [1.807, 2.05) is 6.92 Å². The van der Waals surface area contributed by atoms with Crippen LogP contribution in [0.3, 0.4) is 0 Å². The Labute approximate surface area is 101 Å². The molecule has 0 atom stereocenters. The van der Waals surface area contributed by atoms with Crippen LogP contribution in [0.25, 0.3) is 0 Å². The number of hydrogen-bond acceptors (Lipinski definition) is 2. The maximum atomic E-state index is 12.1. The Bertz CT molecular complexity index is 241. The lowest BCUT2D eigenvalue weighted by molar-refractivity contribution is 0.120. The Morgan fingerprint density at radius 2 is 2.00 bits per heavy atom. The van der Waals surface area contributed by atoms with Crippen molar-refractivity contribution >= 4 is 5.96 Å².